The van der Waals surface area contributed by atoms with E-state index in [1.54, 1.807) is 30.0 Å². The van der Waals surface area contributed by atoms with Crippen molar-refractivity contribution in [1.29, 1.82) is 0 Å². The predicted octanol–water partition coefficient (Wildman–Crippen LogP) is 3.76. The van der Waals surface area contributed by atoms with Gasteiger partial charge >= 0.3 is 0 Å². The zero-order valence-corrected chi connectivity index (χ0v) is 18.1. The highest BCUT2D eigenvalue weighted by molar-refractivity contribution is 7.99. The summed E-state index contributed by atoms with van der Waals surface area (Å²) in [6, 6.07) is 14.7. The lowest BCUT2D eigenvalue weighted by Crippen LogP contribution is -2.41. The second-order valence-corrected chi connectivity index (χ2v) is 9.87. The molecule has 0 aliphatic carbocycles. The maximum absolute atomic E-state index is 12.8. The summed E-state index contributed by atoms with van der Waals surface area (Å²) in [5.74, 6) is 1.16. The first-order valence-electron chi connectivity index (χ1n) is 9.82. The molecule has 1 fully saturated rings. The number of fused-ring (bicyclic) bond motifs is 1. The van der Waals surface area contributed by atoms with Crippen molar-refractivity contribution in [1.82, 2.24) is 4.90 Å². The third-order valence-electron chi connectivity index (χ3n) is 5.28. The lowest BCUT2D eigenvalue weighted by molar-refractivity contribution is -0.121. The third-order valence-corrected chi connectivity index (χ3v) is 7.67. The lowest BCUT2D eigenvalue weighted by atomic mass is 9.95. The Morgan fingerprint density at radius 1 is 1.17 bits per heavy atom. The first-order valence-corrected chi connectivity index (χ1v) is 12.2. The Morgan fingerprint density at radius 2 is 1.87 bits per heavy atom. The molecule has 0 saturated carbocycles. The summed E-state index contributed by atoms with van der Waals surface area (Å²) in [5.41, 5.74) is 1.46. The van der Waals surface area contributed by atoms with Crippen LogP contribution in [0.3, 0.4) is 0 Å². The molecule has 0 spiro atoms. The molecular weight excluding hydrogens is 418 g/mol. The van der Waals surface area contributed by atoms with E-state index in [-0.39, 0.29) is 16.7 Å². The van der Waals surface area contributed by atoms with Crippen molar-refractivity contribution >= 4 is 39.2 Å². The summed E-state index contributed by atoms with van der Waals surface area (Å²) in [4.78, 5) is 16.1. The molecule has 30 heavy (non-hydrogen) atoms. The number of nitrogens with zero attached hydrogens (tertiary/aromatic N) is 2. The number of nitrogens with one attached hydrogen (secondary N) is 1. The number of rotatable bonds is 5. The maximum Gasteiger partial charge on any atom is 0.285 e. The van der Waals surface area contributed by atoms with E-state index in [9.17, 15) is 13.2 Å². The van der Waals surface area contributed by atoms with Gasteiger partial charge in [0.1, 0.15) is 4.90 Å². The number of carbonyl (C=O) groups excluding carboxylic acids is 1. The zero-order valence-electron chi connectivity index (χ0n) is 16.5. The molecule has 0 aromatic heterocycles. The first-order chi connectivity index (χ1) is 14.5. The number of likely N-dealkylation sites (tertiary alicyclic amines) is 1. The van der Waals surface area contributed by atoms with Crippen molar-refractivity contribution < 1.29 is 13.2 Å². The molecular formula is C22H23N3O3S2. The van der Waals surface area contributed by atoms with Crippen LogP contribution in [-0.2, 0) is 14.8 Å². The number of anilines is 1. The highest BCUT2D eigenvalue weighted by Gasteiger charge is 2.34. The molecule has 2 aliphatic rings. The number of hydrogen-bond donors (Lipinski definition) is 1. The van der Waals surface area contributed by atoms with E-state index in [1.165, 1.54) is 0 Å². The quantitative estimate of drug-likeness (QED) is 0.565. The smallest absolute Gasteiger partial charge is 0.285 e. The average molecular weight is 442 g/mol. The van der Waals surface area contributed by atoms with Gasteiger partial charge < -0.3 is 10.2 Å². The largest absolute Gasteiger partial charge is 0.355 e. The van der Waals surface area contributed by atoms with Crippen LogP contribution in [0.1, 0.15) is 18.4 Å². The van der Waals surface area contributed by atoms with Gasteiger partial charge in [-0.05, 0) is 37.1 Å². The second-order valence-electron chi connectivity index (χ2n) is 7.23. The van der Waals surface area contributed by atoms with Crippen LogP contribution in [0, 0.1) is 5.92 Å². The molecule has 0 bridgehead atoms. The molecule has 0 radical (unpaired) electrons. The van der Waals surface area contributed by atoms with Gasteiger partial charge in [0.05, 0.1) is 5.69 Å². The fourth-order valence-corrected chi connectivity index (χ4v) is 5.72. The number of thioether (sulfide) groups is 1. The molecule has 1 saturated heterocycles. The molecule has 4 rings (SSSR count). The van der Waals surface area contributed by atoms with Crippen LogP contribution in [0.2, 0.25) is 0 Å². The van der Waals surface area contributed by atoms with Gasteiger partial charge in [-0.15, -0.1) is 22.7 Å². The summed E-state index contributed by atoms with van der Waals surface area (Å²) in [7, 11) is -3.63. The lowest BCUT2D eigenvalue weighted by Gasteiger charge is -2.32. The number of sulfonamides is 1. The van der Waals surface area contributed by atoms with E-state index >= 15 is 0 Å². The molecule has 0 unspecified atom stereocenters. The van der Waals surface area contributed by atoms with Crippen molar-refractivity contribution in [2.24, 2.45) is 10.3 Å². The van der Waals surface area contributed by atoms with Gasteiger partial charge in [-0.2, -0.15) is 8.42 Å². The van der Waals surface area contributed by atoms with E-state index in [2.05, 4.69) is 16.3 Å². The summed E-state index contributed by atoms with van der Waals surface area (Å²) in [6.45, 7) is 4.92. The van der Waals surface area contributed by atoms with E-state index in [4.69, 9.17) is 0 Å². The van der Waals surface area contributed by atoms with Crippen LogP contribution < -0.4 is 5.32 Å². The minimum Gasteiger partial charge on any atom is -0.355 e. The van der Waals surface area contributed by atoms with Crippen LogP contribution in [0.25, 0.3) is 0 Å². The number of piperidine rings is 1. The minimum absolute atomic E-state index is 0.00249. The number of hydrogen-bond acceptors (Lipinski definition) is 5. The fourth-order valence-electron chi connectivity index (χ4n) is 3.75. The van der Waals surface area contributed by atoms with Crippen LogP contribution in [0.5, 0.6) is 0 Å². The third kappa shape index (κ3) is 4.15. The highest BCUT2D eigenvalue weighted by atomic mass is 32.2. The van der Waals surface area contributed by atoms with Gasteiger partial charge in [0, 0.05) is 35.2 Å². The Hall–Kier alpha value is -2.58. The first kappa shape index (κ1) is 20.7. The molecule has 2 aromatic rings. The summed E-state index contributed by atoms with van der Waals surface area (Å²) in [5, 5.41) is 3.06. The Bertz CT molecular complexity index is 1100. The number of carbonyl (C=O) groups is 1. The highest BCUT2D eigenvalue weighted by Crippen LogP contribution is 2.31. The molecule has 1 N–H and O–H groups in total. The molecule has 156 valence electrons. The van der Waals surface area contributed by atoms with Gasteiger partial charge in [-0.1, -0.05) is 30.3 Å². The Labute approximate surface area is 181 Å². The summed E-state index contributed by atoms with van der Waals surface area (Å²) in [6.07, 6.45) is 3.13. The predicted molar refractivity (Wildman–Crippen MR) is 120 cm³/mol. The molecule has 2 aromatic carbocycles. The Morgan fingerprint density at radius 3 is 2.63 bits per heavy atom. The molecule has 0 atom stereocenters. The van der Waals surface area contributed by atoms with Crippen LogP contribution in [-0.4, -0.2) is 43.9 Å². The van der Waals surface area contributed by atoms with Gasteiger partial charge in [-0.25, -0.2) is 0 Å². The topological polar surface area (TPSA) is 78.8 Å². The normalized spacial score (nSPS) is 17.9. The maximum atomic E-state index is 12.8. The van der Waals surface area contributed by atoms with Crippen LogP contribution >= 0.6 is 11.8 Å². The van der Waals surface area contributed by atoms with E-state index in [0.717, 1.165) is 16.3 Å². The molecule has 6 nitrogen and oxygen atoms in total. The van der Waals surface area contributed by atoms with Gasteiger partial charge in [0.15, 0.2) is 5.84 Å². The molecule has 2 aliphatic heterocycles. The van der Waals surface area contributed by atoms with E-state index < -0.39 is 10.0 Å². The van der Waals surface area contributed by atoms with Crippen molar-refractivity contribution in [2.75, 3.05) is 24.2 Å². The Kier molecular flexibility index (Phi) is 5.97. The summed E-state index contributed by atoms with van der Waals surface area (Å²) >= 11 is 1.63. The van der Waals surface area contributed by atoms with Gasteiger partial charge in [-0.3, -0.25) is 4.79 Å². The zero-order chi connectivity index (χ0) is 21.1. The fraction of sp³-hybridized carbons (Fsp3) is 0.273. The summed E-state index contributed by atoms with van der Waals surface area (Å²) < 4.78 is 28.6. The van der Waals surface area contributed by atoms with E-state index in [1.807, 2.05) is 41.3 Å². The SMILES string of the molecule is C=CCSc1ccccc1NC(=O)C1CCN(C2=NS(=O)(=O)c3ccccc32)CC1. The monoisotopic (exact) mass is 441 g/mol. The standard InChI is InChI=1S/C22H23N3O3S2/c1-2-15-29-19-9-5-4-8-18(19)23-22(26)16-11-13-25(14-12-16)21-17-7-3-6-10-20(17)30(27,28)24-21/h2-10,16H,1,11-15H2,(H,23,26). The second kappa shape index (κ2) is 8.65. The minimum atomic E-state index is -3.63. The number of benzene rings is 2. The Balaban J connectivity index is 1.41. The number of para-hydroxylation sites is 1. The average Bonchev–Trinajstić information content (AvgIpc) is 3.04. The number of amidine groups is 1. The van der Waals surface area contributed by atoms with Crippen LogP contribution in [0.4, 0.5) is 5.69 Å². The molecule has 2 heterocycles. The molecule has 8 heteroatoms. The van der Waals surface area contributed by atoms with Gasteiger partial charge in [0.25, 0.3) is 10.0 Å². The van der Waals surface area contributed by atoms with Crippen molar-refractivity contribution in [3.8, 4) is 0 Å². The van der Waals surface area contributed by atoms with Crippen molar-refractivity contribution in [3.05, 3.63) is 66.7 Å². The van der Waals surface area contributed by atoms with Crippen LogP contribution in [0.15, 0.2) is 75.4 Å². The van der Waals surface area contributed by atoms with Gasteiger partial charge in [0.2, 0.25) is 5.91 Å². The number of amides is 1. The van der Waals surface area contributed by atoms with Crippen molar-refractivity contribution in [2.45, 2.75) is 22.6 Å². The van der Waals surface area contributed by atoms with Crippen molar-refractivity contribution in [3.63, 3.8) is 0 Å². The molecule has 1 amide bonds. The van der Waals surface area contributed by atoms with E-state index in [0.29, 0.717) is 37.3 Å².